The average Bonchev–Trinajstić information content (AvgIpc) is 2.74. The summed E-state index contributed by atoms with van der Waals surface area (Å²) < 4.78 is 31.9. The molecule has 8 nitrogen and oxygen atoms in total. The Morgan fingerprint density at radius 3 is 2.17 bits per heavy atom. The number of rotatable bonds is 6. The minimum absolute atomic E-state index is 0.0594. The number of ether oxygens (including phenoxy) is 1. The predicted molar refractivity (Wildman–Crippen MR) is 113 cm³/mol. The second-order valence-electron chi connectivity index (χ2n) is 7.97. The first kappa shape index (κ1) is 22.7. The lowest BCUT2D eigenvalue weighted by Crippen LogP contribution is -2.47. The van der Waals surface area contributed by atoms with Crippen LogP contribution >= 0.6 is 0 Å². The van der Waals surface area contributed by atoms with E-state index >= 15 is 0 Å². The fourth-order valence-electron chi connectivity index (χ4n) is 3.87. The molecule has 1 aromatic carbocycles. The van der Waals surface area contributed by atoms with Gasteiger partial charge in [-0.25, -0.2) is 8.42 Å². The van der Waals surface area contributed by atoms with E-state index in [-0.39, 0.29) is 23.5 Å². The molecule has 2 heterocycles. The first-order valence-corrected chi connectivity index (χ1v) is 12.1. The van der Waals surface area contributed by atoms with Crippen molar-refractivity contribution in [3.8, 4) is 0 Å². The first-order valence-electron chi connectivity index (χ1n) is 10.5. The Morgan fingerprint density at radius 1 is 1.00 bits per heavy atom. The third kappa shape index (κ3) is 5.59. The van der Waals surface area contributed by atoms with Gasteiger partial charge >= 0.3 is 5.97 Å². The quantitative estimate of drug-likeness (QED) is 0.621. The Balaban J connectivity index is 1.55. The summed E-state index contributed by atoms with van der Waals surface area (Å²) in [5, 5.41) is 0. The van der Waals surface area contributed by atoms with Crippen LogP contribution in [-0.2, 0) is 25.3 Å². The van der Waals surface area contributed by atoms with Gasteiger partial charge in [-0.3, -0.25) is 9.59 Å². The van der Waals surface area contributed by atoms with E-state index in [1.807, 2.05) is 7.05 Å². The highest BCUT2D eigenvalue weighted by Gasteiger charge is 2.29. The zero-order chi connectivity index (χ0) is 21.7. The van der Waals surface area contributed by atoms with Crippen LogP contribution in [0, 0.1) is 5.92 Å². The molecule has 2 aliphatic rings. The molecular weight excluding hydrogens is 406 g/mol. The molecule has 166 valence electrons. The average molecular weight is 438 g/mol. The molecule has 2 fully saturated rings. The van der Waals surface area contributed by atoms with Crippen molar-refractivity contribution >= 4 is 21.9 Å². The van der Waals surface area contributed by atoms with Crippen LogP contribution in [0.5, 0.6) is 0 Å². The summed E-state index contributed by atoms with van der Waals surface area (Å²) in [5.41, 5.74) is 1.21. The fourth-order valence-corrected chi connectivity index (χ4v) is 5.39. The summed E-state index contributed by atoms with van der Waals surface area (Å²) in [6.45, 7) is 5.68. The van der Waals surface area contributed by atoms with Crippen LogP contribution in [0.15, 0.2) is 24.3 Å². The number of esters is 1. The van der Waals surface area contributed by atoms with Gasteiger partial charge in [0.2, 0.25) is 10.0 Å². The maximum Gasteiger partial charge on any atom is 0.309 e. The van der Waals surface area contributed by atoms with Crippen LogP contribution in [0.4, 0.5) is 0 Å². The number of hydrogen-bond donors (Lipinski definition) is 0. The summed E-state index contributed by atoms with van der Waals surface area (Å²) in [6.07, 6.45) is 1.21. The van der Waals surface area contributed by atoms with Crippen LogP contribution in [0.2, 0.25) is 0 Å². The van der Waals surface area contributed by atoms with Gasteiger partial charge in [0, 0.05) is 44.8 Å². The maximum atomic E-state index is 12.8. The lowest BCUT2D eigenvalue weighted by Gasteiger charge is -2.31. The topological polar surface area (TPSA) is 87.2 Å². The van der Waals surface area contributed by atoms with Gasteiger partial charge < -0.3 is 14.5 Å². The highest BCUT2D eigenvalue weighted by molar-refractivity contribution is 7.88. The van der Waals surface area contributed by atoms with Gasteiger partial charge in [0.05, 0.1) is 18.3 Å². The van der Waals surface area contributed by atoms with Crippen molar-refractivity contribution in [2.24, 2.45) is 5.92 Å². The molecule has 0 saturated carbocycles. The predicted octanol–water partition coefficient (Wildman–Crippen LogP) is 1.18. The van der Waals surface area contributed by atoms with E-state index in [2.05, 4.69) is 4.90 Å². The summed E-state index contributed by atoms with van der Waals surface area (Å²) in [4.78, 5) is 28.5. The third-order valence-electron chi connectivity index (χ3n) is 5.81. The number of piperidine rings is 1. The molecule has 1 aromatic rings. The number of benzene rings is 1. The highest BCUT2D eigenvalue weighted by atomic mass is 32.2. The largest absolute Gasteiger partial charge is 0.466 e. The second-order valence-corrected chi connectivity index (χ2v) is 9.94. The normalized spacial score (nSPS) is 19.6. The number of likely N-dealkylation sites (tertiary alicyclic amines) is 1. The zero-order valence-electron chi connectivity index (χ0n) is 17.7. The van der Waals surface area contributed by atoms with Gasteiger partial charge in [0.15, 0.2) is 0 Å². The number of nitrogens with zero attached hydrogens (tertiary/aromatic N) is 3. The molecule has 2 saturated heterocycles. The monoisotopic (exact) mass is 437 g/mol. The summed E-state index contributed by atoms with van der Waals surface area (Å²) in [7, 11) is -1.38. The lowest BCUT2D eigenvalue weighted by molar-refractivity contribution is -0.149. The number of likely N-dealkylation sites (N-methyl/N-ethyl adjacent to an activating group) is 1. The minimum Gasteiger partial charge on any atom is -0.466 e. The molecule has 0 aliphatic carbocycles. The molecule has 0 spiro atoms. The van der Waals surface area contributed by atoms with E-state index in [1.54, 1.807) is 40.4 Å². The SMILES string of the molecule is CCOC(=O)C1CCN(C(=O)c2ccc(CS(=O)(=O)N3CCN(C)CC3)cc2)CC1. The van der Waals surface area contributed by atoms with Crippen LogP contribution < -0.4 is 0 Å². The summed E-state index contributed by atoms with van der Waals surface area (Å²) >= 11 is 0. The van der Waals surface area contributed by atoms with Crippen LogP contribution in [-0.4, -0.2) is 87.3 Å². The van der Waals surface area contributed by atoms with Crippen molar-refractivity contribution in [1.82, 2.24) is 14.1 Å². The second kappa shape index (κ2) is 9.89. The van der Waals surface area contributed by atoms with Gasteiger partial charge in [0.1, 0.15) is 0 Å². The molecule has 0 aromatic heterocycles. The van der Waals surface area contributed by atoms with Crippen molar-refractivity contribution in [3.63, 3.8) is 0 Å². The van der Waals surface area contributed by atoms with E-state index in [1.165, 1.54) is 0 Å². The maximum absolute atomic E-state index is 12.8. The van der Waals surface area contributed by atoms with Gasteiger partial charge in [0.25, 0.3) is 5.91 Å². The van der Waals surface area contributed by atoms with Gasteiger partial charge in [-0.1, -0.05) is 12.1 Å². The Labute approximate surface area is 178 Å². The first-order chi connectivity index (χ1) is 14.3. The van der Waals surface area contributed by atoms with E-state index in [9.17, 15) is 18.0 Å². The number of sulfonamides is 1. The summed E-state index contributed by atoms with van der Waals surface area (Å²) in [6, 6.07) is 6.81. The standard InChI is InChI=1S/C21H31N3O5S/c1-3-29-21(26)19-8-10-23(11-9-19)20(25)18-6-4-17(5-7-18)16-30(27,28)24-14-12-22(2)13-15-24/h4-7,19H,3,8-16H2,1-2H3. The van der Waals surface area contributed by atoms with E-state index in [0.29, 0.717) is 56.8 Å². The third-order valence-corrected chi connectivity index (χ3v) is 7.66. The van der Waals surface area contributed by atoms with Crippen LogP contribution in [0.3, 0.4) is 0 Å². The Bertz CT molecular complexity index is 840. The molecular formula is C21H31N3O5S. The molecule has 0 atom stereocenters. The molecule has 2 aliphatic heterocycles. The van der Waals surface area contributed by atoms with Gasteiger partial charge in [-0.2, -0.15) is 4.31 Å². The smallest absolute Gasteiger partial charge is 0.309 e. The Morgan fingerprint density at radius 2 is 1.60 bits per heavy atom. The molecule has 0 bridgehead atoms. The van der Waals surface area contributed by atoms with Gasteiger partial charge in [-0.15, -0.1) is 0 Å². The molecule has 0 unspecified atom stereocenters. The molecule has 0 radical (unpaired) electrons. The van der Waals surface area contributed by atoms with E-state index < -0.39 is 10.0 Å². The number of hydrogen-bond acceptors (Lipinski definition) is 6. The number of carbonyl (C=O) groups excluding carboxylic acids is 2. The van der Waals surface area contributed by atoms with Gasteiger partial charge in [-0.05, 0) is 44.5 Å². The van der Waals surface area contributed by atoms with Crippen LogP contribution in [0.25, 0.3) is 0 Å². The zero-order valence-corrected chi connectivity index (χ0v) is 18.6. The highest BCUT2D eigenvalue weighted by Crippen LogP contribution is 2.21. The van der Waals surface area contributed by atoms with E-state index in [4.69, 9.17) is 4.74 Å². The van der Waals surface area contributed by atoms with Crippen molar-refractivity contribution in [3.05, 3.63) is 35.4 Å². The minimum atomic E-state index is -3.36. The lowest BCUT2D eigenvalue weighted by atomic mass is 9.96. The Kier molecular flexibility index (Phi) is 7.49. The van der Waals surface area contributed by atoms with Crippen LogP contribution in [0.1, 0.15) is 35.7 Å². The Hall–Kier alpha value is -1.97. The van der Waals surface area contributed by atoms with Crippen molar-refractivity contribution in [2.45, 2.75) is 25.5 Å². The summed E-state index contributed by atoms with van der Waals surface area (Å²) in [5.74, 6) is -0.478. The number of amides is 1. The molecule has 3 rings (SSSR count). The van der Waals surface area contributed by atoms with Crippen molar-refractivity contribution in [2.75, 3.05) is 52.9 Å². The molecule has 30 heavy (non-hydrogen) atoms. The van der Waals surface area contributed by atoms with Crippen molar-refractivity contribution in [1.29, 1.82) is 0 Å². The number of piperazine rings is 1. The molecule has 1 amide bonds. The van der Waals surface area contributed by atoms with E-state index in [0.717, 1.165) is 13.1 Å². The molecule has 0 N–H and O–H groups in total. The molecule has 9 heteroatoms. The number of carbonyl (C=O) groups is 2. The fraction of sp³-hybridized carbons (Fsp3) is 0.619. The van der Waals surface area contributed by atoms with Crippen molar-refractivity contribution < 1.29 is 22.7 Å².